The van der Waals surface area contributed by atoms with Crippen molar-refractivity contribution < 1.29 is 9.84 Å². The van der Waals surface area contributed by atoms with E-state index < -0.39 is 6.10 Å². The predicted molar refractivity (Wildman–Crippen MR) is 84.5 cm³/mol. The third-order valence-corrected chi connectivity index (χ3v) is 4.54. The molecule has 2 atom stereocenters. The summed E-state index contributed by atoms with van der Waals surface area (Å²) >= 11 is 0. The number of aromatic nitrogens is 2. The van der Waals surface area contributed by atoms with Crippen LogP contribution >= 0.6 is 0 Å². The Labute approximate surface area is 128 Å². The number of hydrogen-bond donors (Lipinski definition) is 1. The number of aryl methyl sites for hydroxylation is 1. The van der Waals surface area contributed by atoms with Crippen LogP contribution in [0, 0.1) is 0 Å². The molecule has 1 aliphatic rings. The maximum atomic E-state index is 10.2. The topological polar surface area (TPSA) is 47.3 Å². The first-order valence-electron chi connectivity index (χ1n) is 8.11. The van der Waals surface area contributed by atoms with Crippen LogP contribution in [0.1, 0.15) is 84.0 Å². The van der Waals surface area contributed by atoms with Gasteiger partial charge in [0.15, 0.2) is 0 Å². The molecule has 1 saturated heterocycles. The molecule has 1 fully saturated rings. The average Bonchev–Trinajstić information content (AvgIpc) is 2.82. The van der Waals surface area contributed by atoms with Gasteiger partial charge in [0.05, 0.1) is 29.0 Å². The Bertz CT molecular complexity index is 515. The van der Waals surface area contributed by atoms with Gasteiger partial charge < -0.3 is 9.84 Å². The van der Waals surface area contributed by atoms with Crippen LogP contribution in [-0.2, 0) is 17.6 Å². The molecule has 1 aromatic heterocycles. The summed E-state index contributed by atoms with van der Waals surface area (Å²) in [6.07, 6.45) is 2.19. The van der Waals surface area contributed by atoms with Crippen LogP contribution in [0.15, 0.2) is 0 Å². The lowest BCUT2D eigenvalue weighted by Crippen LogP contribution is -2.32. The molecule has 1 aliphatic heterocycles. The van der Waals surface area contributed by atoms with Gasteiger partial charge in [-0.15, -0.1) is 0 Å². The van der Waals surface area contributed by atoms with Crippen molar-refractivity contribution in [1.82, 2.24) is 9.78 Å². The van der Waals surface area contributed by atoms with Gasteiger partial charge in [-0.25, -0.2) is 0 Å². The van der Waals surface area contributed by atoms with Crippen LogP contribution in [0.25, 0.3) is 0 Å². The molecule has 2 unspecified atom stereocenters. The number of aliphatic hydroxyl groups is 1. The van der Waals surface area contributed by atoms with Crippen LogP contribution < -0.4 is 0 Å². The monoisotopic (exact) mass is 294 g/mol. The molecule has 0 aliphatic carbocycles. The standard InChI is InChI=1S/C17H30N2O2/c1-8-12-15(11(3)20)13(9-2)19(18-12)14-10-16(4,5)21-17(14,6)7/h11,14,20H,8-10H2,1-7H3. The van der Waals surface area contributed by atoms with Gasteiger partial charge in [0.25, 0.3) is 0 Å². The minimum absolute atomic E-state index is 0.136. The molecule has 21 heavy (non-hydrogen) atoms. The minimum Gasteiger partial charge on any atom is -0.389 e. The van der Waals surface area contributed by atoms with Gasteiger partial charge in [-0.05, 0) is 47.5 Å². The molecule has 120 valence electrons. The maximum absolute atomic E-state index is 10.2. The lowest BCUT2D eigenvalue weighted by molar-refractivity contribution is -0.0739. The summed E-state index contributed by atoms with van der Waals surface area (Å²) in [6.45, 7) is 14.6. The number of aliphatic hydroxyl groups excluding tert-OH is 1. The van der Waals surface area contributed by atoms with E-state index in [0.29, 0.717) is 0 Å². The lowest BCUT2D eigenvalue weighted by atomic mass is 9.94. The third kappa shape index (κ3) is 2.88. The van der Waals surface area contributed by atoms with E-state index in [0.717, 1.165) is 36.2 Å². The zero-order chi connectivity index (χ0) is 16.0. The predicted octanol–water partition coefficient (Wildman–Crippen LogP) is 3.58. The van der Waals surface area contributed by atoms with Crippen molar-refractivity contribution in [1.29, 1.82) is 0 Å². The summed E-state index contributed by atoms with van der Waals surface area (Å²) in [7, 11) is 0. The Kier molecular flexibility index (Phi) is 4.24. The molecular formula is C17H30N2O2. The molecule has 1 N–H and O–H groups in total. The van der Waals surface area contributed by atoms with E-state index >= 15 is 0 Å². The van der Waals surface area contributed by atoms with Crippen LogP contribution in [0.5, 0.6) is 0 Å². The quantitative estimate of drug-likeness (QED) is 0.923. The molecule has 0 aromatic carbocycles. The van der Waals surface area contributed by atoms with Gasteiger partial charge in [-0.3, -0.25) is 4.68 Å². The first-order valence-corrected chi connectivity index (χ1v) is 8.11. The normalized spacial score (nSPS) is 25.2. The van der Waals surface area contributed by atoms with E-state index in [1.165, 1.54) is 0 Å². The van der Waals surface area contributed by atoms with Crippen molar-refractivity contribution in [2.75, 3.05) is 0 Å². The fourth-order valence-corrected chi connectivity index (χ4v) is 3.80. The fourth-order valence-electron chi connectivity index (χ4n) is 3.80. The molecule has 0 bridgehead atoms. The van der Waals surface area contributed by atoms with Crippen molar-refractivity contribution >= 4 is 0 Å². The Morgan fingerprint density at radius 3 is 2.29 bits per heavy atom. The molecule has 0 amide bonds. The van der Waals surface area contributed by atoms with E-state index in [2.05, 4.69) is 46.2 Å². The average molecular weight is 294 g/mol. The number of nitrogens with zero attached hydrogens (tertiary/aromatic N) is 2. The second kappa shape index (κ2) is 5.40. The first kappa shape index (κ1) is 16.5. The maximum Gasteiger partial charge on any atom is 0.0858 e. The summed E-state index contributed by atoms with van der Waals surface area (Å²) < 4.78 is 8.36. The van der Waals surface area contributed by atoms with Gasteiger partial charge in [-0.2, -0.15) is 5.10 Å². The zero-order valence-corrected chi connectivity index (χ0v) is 14.5. The second-order valence-corrected chi connectivity index (χ2v) is 7.32. The van der Waals surface area contributed by atoms with Crippen LogP contribution in [-0.4, -0.2) is 26.1 Å². The van der Waals surface area contributed by atoms with Crippen molar-refractivity contribution in [3.63, 3.8) is 0 Å². The molecule has 0 radical (unpaired) electrons. The SMILES string of the molecule is CCc1nn(C2CC(C)(C)OC2(C)C)c(CC)c1C(C)O. The lowest BCUT2D eigenvalue weighted by Gasteiger charge is -2.28. The molecule has 1 aromatic rings. The largest absolute Gasteiger partial charge is 0.389 e. The summed E-state index contributed by atoms with van der Waals surface area (Å²) in [5.74, 6) is 0. The number of rotatable bonds is 4. The van der Waals surface area contributed by atoms with Gasteiger partial charge in [0, 0.05) is 17.7 Å². The van der Waals surface area contributed by atoms with Crippen molar-refractivity contribution in [2.45, 2.75) is 91.1 Å². The van der Waals surface area contributed by atoms with Crippen LogP contribution in [0.3, 0.4) is 0 Å². The van der Waals surface area contributed by atoms with Crippen LogP contribution in [0.4, 0.5) is 0 Å². The fraction of sp³-hybridized carbons (Fsp3) is 0.824. The zero-order valence-electron chi connectivity index (χ0n) is 14.5. The summed E-state index contributed by atoms with van der Waals surface area (Å²) in [4.78, 5) is 0. The number of ether oxygens (including phenoxy) is 1. The summed E-state index contributed by atoms with van der Waals surface area (Å²) in [5.41, 5.74) is 2.80. The van der Waals surface area contributed by atoms with Crippen LogP contribution in [0.2, 0.25) is 0 Å². The van der Waals surface area contributed by atoms with E-state index in [1.807, 2.05) is 6.92 Å². The van der Waals surface area contributed by atoms with Gasteiger partial charge in [0.1, 0.15) is 0 Å². The van der Waals surface area contributed by atoms with E-state index in [-0.39, 0.29) is 17.2 Å². The highest BCUT2D eigenvalue weighted by Crippen LogP contribution is 2.45. The molecule has 4 nitrogen and oxygen atoms in total. The van der Waals surface area contributed by atoms with Gasteiger partial charge in [-0.1, -0.05) is 13.8 Å². The van der Waals surface area contributed by atoms with E-state index in [1.54, 1.807) is 0 Å². The second-order valence-electron chi connectivity index (χ2n) is 7.32. The van der Waals surface area contributed by atoms with E-state index in [4.69, 9.17) is 9.84 Å². The molecule has 0 spiro atoms. The summed E-state index contributed by atoms with van der Waals surface area (Å²) in [5, 5.41) is 15.0. The molecular weight excluding hydrogens is 264 g/mol. The highest BCUT2D eigenvalue weighted by Gasteiger charge is 2.48. The molecule has 4 heteroatoms. The van der Waals surface area contributed by atoms with Gasteiger partial charge >= 0.3 is 0 Å². The van der Waals surface area contributed by atoms with Crippen molar-refractivity contribution in [2.24, 2.45) is 0 Å². The Morgan fingerprint density at radius 1 is 1.29 bits per heavy atom. The third-order valence-electron chi connectivity index (χ3n) is 4.54. The molecule has 2 rings (SSSR count). The summed E-state index contributed by atoms with van der Waals surface area (Å²) in [6, 6.07) is 0.209. The Hall–Kier alpha value is -0.870. The van der Waals surface area contributed by atoms with Crippen molar-refractivity contribution in [3.05, 3.63) is 17.0 Å². The highest BCUT2D eigenvalue weighted by molar-refractivity contribution is 5.30. The smallest absolute Gasteiger partial charge is 0.0858 e. The molecule has 2 heterocycles. The van der Waals surface area contributed by atoms with E-state index in [9.17, 15) is 5.11 Å². The number of hydrogen-bond acceptors (Lipinski definition) is 3. The molecule has 0 saturated carbocycles. The Balaban J connectivity index is 2.54. The Morgan fingerprint density at radius 2 is 1.90 bits per heavy atom. The first-order chi connectivity index (χ1) is 9.63. The van der Waals surface area contributed by atoms with Crippen molar-refractivity contribution in [3.8, 4) is 0 Å². The minimum atomic E-state index is -0.470. The highest BCUT2D eigenvalue weighted by atomic mass is 16.5. The van der Waals surface area contributed by atoms with Gasteiger partial charge in [0.2, 0.25) is 0 Å².